The molecule has 0 N–H and O–H groups in total. The number of rotatable bonds is 5. The fourth-order valence-corrected chi connectivity index (χ4v) is 3.48. The Bertz CT molecular complexity index is 911. The lowest BCUT2D eigenvalue weighted by Crippen LogP contribution is -2.03. The van der Waals surface area contributed by atoms with E-state index in [1.54, 1.807) is 0 Å². The van der Waals surface area contributed by atoms with Crippen molar-refractivity contribution < 1.29 is 8.78 Å². The van der Waals surface area contributed by atoms with E-state index in [1.807, 2.05) is 24.3 Å². The summed E-state index contributed by atoms with van der Waals surface area (Å²) in [5.74, 6) is -0.462. The van der Waals surface area contributed by atoms with Gasteiger partial charge in [-0.2, -0.15) is 5.11 Å². The van der Waals surface area contributed by atoms with Crippen molar-refractivity contribution in [2.75, 3.05) is 0 Å². The van der Waals surface area contributed by atoms with Gasteiger partial charge >= 0.3 is 0 Å². The van der Waals surface area contributed by atoms with Crippen LogP contribution in [0.5, 0.6) is 0 Å². The number of benzene rings is 2. The van der Waals surface area contributed by atoms with Crippen LogP contribution in [0.4, 0.5) is 8.78 Å². The molecule has 0 aromatic heterocycles. The number of hydrogen-bond acceptors (Lipinski definition) is 4. The van der Waals surface area contributed by atoms with Crippen molar-refractivity contribution in [2.24, 2.45) is 20.2 Å². The van der Waals surface area contributed by atoms with Crippen molar-refractivity contribution in [1.82, 2.24) is 0 Å². The number of hydrogen-bond donors (Lipinski definition) is 0. The molecule has 4 nitrogen and oxygen atoms in total. The van der Waals surface area contributed by atoms with Crippen LogP contribution in [0.3, 0.4) is 0 Å². The molecule has 2 unspecified atom stereocenters. The van der Waals surface area contributed by atoms with Gasteiger partial charge in [0, 0.05) is 11.3 Å². The third kappa shape index (κ3) is 3.56. The Morgan fingerprint density at radius 3 is 2.44 bits per heavy atom. The summed E-state index contributed by atoms with van der Waals surface area (Å²) >= 11 is 0. The maximum atomic E-state index is 14.0. The van der Waals surface area contributed by atoms with Crippen LogP contribution in [-0.2, 0) is 0 Å². The van der Waals surface area contributed by atoms with Crippen molar-refractivity contribution >= 4 is 11.5 Å². The standard InChI is InChI=1S/C21H20F2N4/c1-2-4-19-25-21(27-26-19)14-9-7-13(8-10-14)17-11-12-18(24-17)20-15(22)5-3-6-16(20)23/h3,5-10,17,19H,2,4,11-12H2,1H3. The lowest BCUT2D eigenvalue weighted by Gasteiger charge is -2.07. The molecule has 138 valence electrons. The summed E-state index contributed by atoms with van der Waals surface area (Å²) in [7, 11) is 0. The molecule has 2 aliphatic heterocycles. The second kappa shape index (κ2) is 7.47. The Balaban J connectivity index is 1.53. The number of amidine groups is 1. The maximum Gasteiger partial charge on any atom is 0.179 e. The molecule has 0 amide bonds. The van der Waals surface area contributed by atoms with Crippen molar-refractivity contribution in [3.05, 3.63) is 70.8 Å². The molecule has 2 heterocycles. The quantitative estimate of drug-likeness (QED) is 0.659. The molecule has 0 radical (unpaired) electrons. The highest BCUT2D eigenvalue weighted by molar-refractivity contribution is 6.02. The Morgan fingerprint density at radius 2 is 1.74 bits per heavy atom. The van der Waals surface area contributed by atoms with Gasteiger partial charge in [-0.1, -0.05) is 43.7 Å². The zero-order valence-corrected chi connectivity index (χ0v) is 15.1. The van der Waals surface area contributed by atoms with E-state index in [0.717, 1.165) is 30.4 Å². The summed E-state index contributed by atoms with van der Waals surface area (Å²) < 4.78 is 28.0. The van der Waals surface area contributed by atoms with E-state index >= 15 is 0 Å². The van der Waals surface area contributed by atoms with Crippen molar-refractivity contribution in [1.29, 1.82) is 0 Å². The fraction of sp³-hybridized carbons (Fsp3) is 0.333. The third-order valence-electron chi connectivity index (χ3n) is 4.88. The molecule has 0 bridgehead atoms. The number of halogens is 2. The summed E-state index contributed by atoms with van der Waals surface area (Å²) in [5.41, 5.74) is 2.44. The molecule has 0 saturated heterocycles. The Labute approximate surface area is 156 Å². The van der Waals surface area contributed by atoms with Gasteiger partial charge in [-0.15, -0.1) is 5.11 Å². The maximum absolute atomic E-state index is 14.0. The summed E-state index contributed by atoms with van der Waals surface area (Å²) in [5, 5.41) is 8.34. The zero-order chi connectivity index (χ0) is 18.8. The van der Waals surface area contributed by atoms with Crippen LogP contribution in [0.15, 0.2) is 62.7 Å². The van der Waals surface area contributed by atoms with Crippen molar-refractivity contribution in [3.8, 4) is 0 Å². The van der Waals surface area contributed by atoms with Gasteiger partial charge in [-0.05, 0) is 37.0 Å². The second-order valence-corrected chi connectivity index (χ2v) is 6.79. The van der Waals surface area contributed by atoms with Crippen LogP contribution in [0.25, 0.3) is 0 Å². The van der Waals surface area contributed by atoms with E-state index in [-0.39, 0.29) is 17.8 Å². The van der Waals surface area contributed by atoms with Gasteiger partial charge in [0.2, 0.25) is 0 Å². The largest absolute Gasteiger partial charge is 0.281 e. The molecular formula is C21H20F2N4. The van der Waals surface area contributed by atoms with E-state index in [4.69, 9.17) is 0 Å². The molecule has 2 aliphatic rings. The Morgan fingerprint density at radius 1 is 1.00 bits per heavy atom. The van der Waals surface area contributed by atoms with E-state index in [1.165, 1.54) is 18.2 Å². The van der Waals surface area contributed by atoms with Gasteiger partial charge in [0.15, 0.2) is 12.0 Å². The highest BCUT2D eigenvalue weighted by atomic mass is 19.1. The molecule has 6 heteroatoms. The third-order valence-corrected chi connectivity index (χ3v) is 4.88. The van der Waals surface area contributed by atoms with Gasteiger partial charge in [0.05, 0.1) is 11.6 Å². The lowest BCUT2D eigenvalue weighted by molar-refractivity contribution is 0.578. The van der Waals surface area contributed by atoms with Crippen molar-refractivity contribution in [3.63, 3.8) is 0 Å². The molecule has 0 aliphatic carbocycles. The molecule has 0 saturated carbocycles. The number of azo groups is 1. The highest BCUT2D eigenvalue weighted by Crippen LogP contribution is 2.32. The predicted octanol–water partition coefficient (Wildman–Crippen LogP) is 5.63. The average molecular weight is 366 g/mol. The monoisotopic (exact) mass is 366 g/mol. The van der Waals surface area contributed by atoms with E-state index < -0.39 is 11.6 Å². The van der Waals surface area contributed by atoms with Crippen LogP contribution in [0.1, 0.15) is 55.3 Å². The molecule has 0 fully saturated rings. The van der Waals surface area contributed by atoms with E-state index in [0.29, 0.717) is 18.0 Å². The molecule has 2 aromatic carbocycles. The smallest absolute Gasteiger partial charge is 0.179 e. The number of nitrogens with zero attached hydrogens (tertiary/aromatic N) is 4. The van der Waals surface area contributed by atoms with Crippen LogP contribution in [0.2, 0.25) is 0 Å². The SMILES string of the molecule is CCCC1N=NC(c2ccc(C3CCC(c4c(F)cccc4F)=N3)cc2)=N1. The first-order valence-corrected chi connectivity index (χ1v) is 9.25. The first-order chi connectivity index (χ1) is 13.2. The average Bonchev–Trinajstić information content (AvgIpc) is 3.32. The van der Waals surface area contributed by atoms with Gasteiger partial charge in [-0.3, -0.25) is 4.99 Å². The summed E-state index contributed by atoms with van der Waals surface area (Å²) in [6, 6.07) is 11.7. The van der Waals surface area contributed by atoms with Crippen LogP contribution >= 0.6 is 0 Å². The minimum atomic E-state index is -0.559. The number of aliphatic imine (C=N–C) groups is 2. The van der Waals surface area contributed by atoms with Gasteiger partial charge in [-0.25, -0.2) is 13.8 Å². The predicted molar refractivity (Wildman–Crippen MR) is 101 cm³/mol. The van der Waals surface area contributed by atoms with Gasteiger partial charge in [0.25, 0.3) is 0 Å². The minimum Gasteiger partial charge on any atom is -0.281 e. The topological polar surface area (TPSA) is 49.4 Å². The van der Waals surface area contributed by atoms with Gasteiger partial charge in [0.1, 0.15) is 11.6 Å². The minimum absolute atomic E-state index is 0.000640. The normalized spacial score (nSPS) is 21.4. The van der Waals surface area contributed by atoms with Gasteiger partial charge < -0.3 is 0 Å². The van der Waals surface area contributed by atoms with E-state index in [9.17, 15) is 8.78 Å². The van der Waals surface area contributed by atoms with Crippen LogP contribution in [-0.4, -0.2) is 17.7 Å². The first-order valence-electron chi connectivity index (χ1n) is 9.25. The lowest BCUT2D eigenvalue weighted by atomic mass is 10.0. The van der Waals surface area contributed by atoms with Crippen LogP contribution in [0, 0.1) is 11.6 Å². The van der Waals surface area contributed by atoms with E-state index in [2.05, 4.69) is 27.1 Å². The second-order valence-electron chi connectivity index (χ2n) is 6.79. The fourth-order valence-electron chi connectivity index (χ4n) is 3.48. The zero-order valence-electron chi connectivity index (χ0n) is 15.1. The Hall–Kier alpha value is -2.76. The molecular weight excluding hydrogens is 346 g/mol. The molecule has 2 atom stereocenters. The summed E-state index contributed by atoms with van der Waals surface area (Å²) in [6.45, 7) is 2.10. The van der Waals surface area contributed by atoms with Crippen LogP contribution < -0.4 is 0 Å². The molecule has 0 spiro atoms. The molecule has 4 rings (SSSR count). The highest BCUT2D eigenvalue weighted by Gasteiger charge is 2.24. The summed E-state index contributed by atoms with van der Waals surface area (Å²) in [6.07, 6.45) is 3.15. The first kappa shape index (κ1) is 17.6. The Kier molecular flexibility index (Phi) is 4.88. The van der Waals surface area contributed by atoms with Crippen molar-refractivity contribution in [2.45, 2.75) is 44.8 Å². The molecule has 27 heavy (non-hydrogen) atoms. The summed E-state index contributed by atoms with van der Waals surface area (Å²) in [4.78, 5) is 9.10. The molecule has 2 aromatic rings.